The van der Waals surface area contributed by atoms with E-state index in [0.717, 1.165) is 11.4 Å². The summed E-state index contributed by atoms with van der Waals surface area (Å²) < 4.78 is 0. The molecule has 1 saturated carbocycles. The number of rotatable bonds is 7. The Labute approximate surface area is 319 Å². The molecule has 0 heterocycles. The van der Waals surface area contributed by atoms with Crippen molar-refractivity contribution < 1.29 is 0 Å². The van der Waals surface area contributed by atoms with Crippen molar-refractivity contribution in [2.24, 2.45) is 0 Å². The summed E-state index contributed by atoms with van der Waals surface area (Å²) in [6.45, 7) is 0. The second-order valence-corrected chi connectivity index (χ2v) is 15.0. The molecule has 0 amide bonds. The van der Waals surface area contributed by atoms with Crippen LogP contribution in [0, 0.1) is 0 Å². The quantitative estimate of drug-likeness (QED) is 0.161. The highest BCUT2D eigenvalue weighted by molar-refractivity contribution is 6.03. The molecule has 0 bridgehead atoms. The first kappa shape index (κ1) is 32.5. The average Bonchev–Trinajstić information content (AvgIpc) is 3.55. The minimum Gasteiger partial charge on any atom is -0.310 e. The Kier molecular flexibility index (Phi) is 8.22. The second kappa shape index (κ2) is 13.7. The molecule has 0 radical (unpaired) electrons. The number of para-hydroxylation sites is 2. The van der Waals surface area contributed by atoms with Gasteiger partial charge in [-0.05, 0) is 104 Å². The van der Waals surface area contributed by atoms with Crippen molar-refractivity contribution in [1.29, 1.82) is 0 Å². The van der Waals surface area contributed by atoms with Gasteiger partial charge in [0, 0.05) is 16.9 Å². The predicted molar refractivity (Wildman–Crippen MR) is 227 cm³/mol. The SMILES string of the molecule is c1ccc(N(c2ccc3c(c2)C(c2ccccc2)(c2ccccc2)c2ccccc2-3)c2ccccc2-c2cccc3cccc(C4CCCCC4)c23)cc1. The van der Waals surface area contributed by atoms with Crippen molar-refractivity contribution in [2.75, 3.05) is 4.90 Å². The molecule has 0 aromatic heterocycles. The van der Waals surface area contributed by atoms with E-state index in [2.05, 4.69) is 199 Å². The first-order valence-electron chi connectivity index (χ1n) is 19.6. The van der Waals surface area contributed by atoms with Crippen molar-refractivity contribution >= 4 is 27.8 Å². The zero-order chi connectivity index (χ0) is 35.9. The molecular weight excluding hydrogens is 651 g/mol. The minimum absolute atomic E-state index is 0.475. The van der Waals surface area contributed by atoms with E-state index in [9.17, 15) is 0 Å². The van der Waals surface area contributed by atoms with Crippen molar-refractivity contribution in [1.82, 2.24) is 0 Å². The van der Waals surface area contributed by atoms with Gasteiger partial charge in [0.1, 0.15) is 0 Å². The van der Waals surface area contributed by atoms with Crippen molar-refractivity contribution in [3.05, 3.63) is 222 Å². The summed E-state index contributed by atoms with van der Waals surface area (Å²) in [7, 11) is 0. The van der Waals surface area contributed by atoms with Crippen LogP contribution in [0.2, 0.25) is 0 Å². The van der Waals surface area contributed by atoms with Crippen LogP contribution in [0.15, 0.2) is 194 Å². The van der Waals surface area contributed by atoms with Gasteiger partial charge < -0.3 is 4.90 Å². The molecule has 8 aromatic carbocycles. The van der Waals surface area contributed by atoms with Crippen LogP contribution in [-0.4, -0.2) is 0 Å². The summed E-state index contributed by atoms with van der Waals surface area (Å²) in [6.07, 6.45) is 6.53. The van der Waals surface area contributed by atoms with Crippen LogP contribution < -0.4 is 4.90 Å². The Hall–Kier alpha value is -6.18. The summed E-state index contributed by atoms with van der Waals surface area (Å²) >= 11 is 0. The Balaban J connectivity index is 1.23. The van der Waals surface area contributed by atoms with Crippen molar-refractivity contribution in [3.63, 3.8) is 0 Å². The van der Waals surface area contributed by atoms with Gasteiger partial charge in [-0.3, -0.25) is 0 Å². The normalized spacial score (nSPS) is 14.7. The first-order chi connectivity index (χ1) is 26.8. The summed E-state index contributed by atoms with van der Waals surface area (Å²) in [6, 6.07) is 72.3. The van der Waals surface area contributed by atoms with Crippen LogP contribution in [0.1, 0.15) is 65.8 Å². The van der Waals surface area contributed by atoms with Crippen LogP contribution in [0.4, 0.5) is 17.1 Å². The lowest BCUT2D eigenvalue weighted by atomic mass is 9.67. The summed E-state index contributed by atoms with van der Waals surface area (Å²) in [5.41, 5.74) is 14.8. The zero-order valence-electron chi connectivity index (χ0n) is 30.5. The molecule has 260 valence electrons. The molecule has 0 N–H and O–H groups in total. The lowest BCUT2D eigenvalue weighted by molar-refractivity contribution is 0.445. The highest BCUT2D eigenvalue weighted by atomic mass is 15.1. The Morgan fingerprint density at radius 1 is 0.407 bits per heavy atom. The van der Waals surface area contributed by atoms with E-state index < -0.39 is 5.41 Å². The fourth-order valence-corrected chi connectivity index (χ4v) is 9.82. The van der Waals surface area contributed by atoms with Crippen LogP contribution in [0.25, 0.3) is 33.0 Å². The van der Waals surface area contributed by atoms with Gasteiger partial charge in [0.2, 0.25) is 0 Å². The third-order valence-corrected chi connectivity index (χ3v) is 12.1. The van der Waals surface area contributed by atoms with Gasteiger partial charge in [0.25, 0.3) is 0 Å². The lowest BCUT2D eigenvalue weighted by Crippen LogP contribution is -2.28. The van der Waals surface area contributed by atoms with Crippen LogP contribution in [-0.2, 0) is 5.41 Å². The third kappa shape index (κ3) is 5.22. The molecule has 2 aliphatic rings. The number of nitrogens with zero attached hydrogens (tertiary/aromatic N) is 1. The molecule has 2 aliphatic carbocycles. The average molecular weight is 694 g/mol. The minimum atomic E-state index is -0.475. The molecule has 54 heavy (non-hydrogen) atoms. The second-order valence-electron chi connectivity index (χ2n) is 15.0. The van der Waals surface area contributed by atoms with E-state index in [0.29, 0.717) is 5.92 Å². The van der Waals surface area contributed by atoms with E-state index in [1.165, 1.54) is 98.6 Å². The largest absolute Gasteiger partial charge is 0.310 e. The summed E-state index contributed by atoms with van der Waals surface area (Å²) in [4.78, 5) is 2.49. The molecule has 0 saturated heterocycles. The highest BCUT2D eigenvalue weighted by Crippen LogP contribution is 2.57. The zero-order valence-corrected chi connectivity index (χ0v) is 30.5. The fraction of sp³-hybridized carbons (Fsp3) is 0.132. The van der Waals surface area contributed by atoms with Gasteiger partial charge in [-0.15, -0.1) is 0 Å². The fourth-order valence-electron chi connectivity index (χ4n) is 9.82. The molecule has 0 atom stereocenters. The number of anilines is 3. The number of hydrogen-bond donors (Lipinski definition) is 0. The van der Waals surface area contributed by atoms with Crippen molar-refractivity contribution in [3.8, 4) is 22.3 Å². The van der Waals surface area contributed by atoms with E-state index in [-0.39, 0.29) is 0 Å². The molecule has 0 unspecified atom stereocenters. The molecule has 8 aromatic rings. The highest BCUT2D eigenvalue weighted by Gasteiger charge is 2.46. The predicted octanol–water partition coefficient (Wildman–Crippen LogP) is 14.4. The van der Waals surface area contributed by atoms with E-state index >= 15 is 0 Å². The monoisotopic (exact) mass is 693 g/mol. The topological polar surface area (TPSA) is 3.24 Å². The van der Waals surface area contributed by atoms with E-state index in [1.807, 2.05) is 0 Å². The van der Waals surface area contributed by atoms with Gasteiger partial charge in [0.15, 0.2) is 0 Å². The molecule has 0 aliphatic heterocycles. The van der Waals surface area contributed by atoms with Crippen molar-refractivity contribution in [2.45, 2.75) is 43.4 Å². The molecule has 1 nitrogen and oxygen atoms in total. The molecule has 1 heteroatoms. The number of hydrogen-bond acceptors (Lipinski definition) is 1. The summed E-state index contributed by atoms with van der Waals surface area (Å²) in [5.74, 6) is 0.600. The maximum atomic E-state index is 2.49. The van der Waals surface area contributed by atoms with Gasteiger partial charge in [0.05, 0.1) is 11.1 Å². The van der Waals surface area contributed by atoms with Gasteiger partial charge in [-0.1, -0.05) is 183 Å². The number of benzene rings is 8. The third-order valence-electron chi connectivity index (χ3n) is 12.1. The maximum absolute atomic E-state index is 2.49. The van der Waals surface area contributed by atoms with Crippen LogP contribution >= 0.6 is 0 Å². The molecule has 10 rings (SSSR count). The lowest BCUT2D eigenvalue weighted by Gasteiger charge is -2.35. The van der Waals surface area contributed by atoms with E-state index in [1.54, 1.807) is 0 Å². The Bertz CT molecular complexity index is 2540. The standard InChI is InChI=1S/C53H43N/c1-5-19-38(20-6-1)44-31-17-21-39-22-18-32-48(52(39)44)47-30-14-16-34-51(47)54(42-27-11-4-12-28-42)43-35-36-46-45-29-13-15-33-49(45)53(50(46)37-43,40-23-7-2-8-24-40)41-25-9-3-10-26-41/h2-4,7-18,21-38H,1,5-6,19-20H2. The van der Waals surface area contributed by atoms with Crippen LogP contribution in [0.5, 0.6) is 0 Å². The van der Waals surface area contributed by atoms with E-state index in [4.69, 9.17) is 0 Å². The molecular formula is C53H43N. The van der Waals surface area contributed by atoms with Gasteiger partial charge in [-0.25, -0.2) is 0 Å². The Morgan fingerprint density at radius 3 is 1.70 bits per heavy atom. The molecule has 0 spiro atoms. The number of fused-ring (bicyclic) bond motifs is 4. The first-order valence-corrected chi connectivity index (χ1v) is 19.6. The van der Waals surface area contributed by atoms with Gasteiger partial charge in [-0.2, -0.15) is 0 Å². The summed E-state index contributed by atoms with van der Waals surface area (Å²) in [5, 5.41) is 2.73. The maximum Gasteiger partial charge on any atom is 0.0714 e. The molecule has 1 fully saturated rings. The van der Waals surface area contributed by atoms with Crippen LogP contribution in [0.3, 0.4) is 0 Å². The smallest absolute Gasteiger partial charge is 0.0714 e. The Morgan fingerprint density at radius 2 is 0.981 bits per heavy atom. The van der Waals surface area contributed by atoms with Gasteiger partial charge >= 0.3 is 0 Å².